The molecule has 0 spiro atoms. The maximum absolute atomic E-state index is 12.5. The highest BCUT2D eigenvalue weighted by Gasteiger charge is 2.16. The number of anilines is 1. The molecule has 3 aromatic rings. The number of ether oxygens (including phenoxy) is 2. The fraction of sp³-hybridized carbons (Fsp3) is 0.136. The predicted molar refractivity (Wildman–Crippen MR) is 107 cm³/mol. The van der Waals surface area contributed by atoms with Gasteiger partial charge in [-0.1, -0.05) is 54.1 Å². The van der Waals surface area contributed by atoms with E-state index in [0.717, 1.165) is 5.56 Å². The zero-order valence-corrected chi connectivity index (χ0v) is 15.6. The molecule has 0 radical (unpaired) electrons. The van der Waals surface area contributed by atoms with Crippen LogP contribution in [-0.2, 0) is 11.4 Å². The first-order valence-corrected chi connectivity index (χ1v) is 8.98. The average molecular weight is 382 g/mol. The Morgan fingerprint density at radius 3 is 2.37 bits per heavy atom. The van der Waals surface area contributed by atoms with Gasteiger partial charge in [0.15, 0.2) is 6.10 Å². The van der Waals surface area contributed by atoms with Gasteiger partial charge in [-0.25, -0.2) is 0 Å². The summed E-state index contributed by atoms with van der Waals surface area (Å²) >= 11 is 5.86. The Kier molecular flexibility index (Phi) is 6.34. The lowest BCUT2D eigenvalue weighted by molar-refractivity contribution is -0.122. The van der Waals surface area contributed by atoms with Gasteiger partial charge in [0.1, 0.15) is 18.1 Å². The maximum atomic E-state index is 12.5. The molecule has 0 aromatic heterocycles. The standard InChI is InChI=1S/C22H20ClNO3/c1-16(27-19-13-11-18(23)12-14-19)22(25)24-20-9-5-6-10-21(20)26-15-17-7-3-2-4-8-17/h2-14,16H,15H2,1H3,(H,24,25). The Hall–Kier alpha value is -2.98. The van der Waals surface area contributed by atoms with Crippen LogP contribution in [0, 0.1) is 0 Å². The summed E-state index contributed by atoms with van der Waals surface area (Å²) in [4.78, 5) is 12.5. The molecule has 27 heavy (non-hydrogen) atoms. The van der Waals surface area contributed by atoms with Gasteiger partial charge in [0, 0.05) is 5.02 Å². The molecule has 3 aromatic carbocycles. The van der Waals surface area contributed by atoms with Gasteiger partial charge in [-0.3, -0.25) is 4.79 Å². The van der Waals surface area contributed by atoms with E-state index in [2.05, 4.69) is 5.32 Å². The molecule has 1 atom stereocenters. The summed E-state index contributed by atoms with van der Waals surface area (Å²) < 4.78 is 11.5. The van der Waals surface area contributed by atoms with Crippen molar-refractivity contribution in [3.63, 3.8) is 0 Å². The van der Waals surface area contributed by atoms with E-state index in [1.165, 1.54) is 0 Å². The molecule has 1 amide bonds. The number of rotatable bonds is 7. The minimum absolute atomic E-state index is 0.263. The van der Waals surface area contributed by atoms with Crippen molar-refractivity contribution in [2.24, 2.45) is 0 Å². The maximum Gasteiger partial charge on any atom is 0.265 e. The van der Waals surface area contributed by atoms with E-state index in [0.29, 0.717) is 28.8 Å². The van der Waals surface area contributed by atoms with Crippen LogP contribution in [-0.4, -0.2) is 12.0 Å². The lowest BCUT2D eigenvalue weighted by Crippen LogP contribution is -2.30. The highest BCUT2D eigenvalue weighted by Crippen LogP contribution is 2.25. The second-order valence-corrected chi connectivity index (χ2v) is 6.41. The zero-order valence-electron chi connectivity index (χ0n) is 14.9. The van der Waals surface area contributed by atoms with Crippen LogP contribution >= 0.6 is 11.6 Å². The first kappa shape index (κ1) is 18.8. The number of carbonyl (C=O) groups is 1. The molecule has 0 heterocycles. The molecule has 0 bridgehead atoms. The van der Waals surface area contributed by atoms with Gasteiger partial charge in [0.25, 0.3) is 5.91 Å². The molecule has 1 N–H and O–H groups in total. The van der Waals surface area contributed by atoms with Crippen LogP contribution in [0.5, 0.6) is 11.5 Å². The smallest absolute Gasteiger partial charge is 0.265 e. The summed E-state index contributed by atoms with van der Waals surface area (Å²) in [7, 11) is 0. The third-order valence-corrected chi connectivity index (χ3v) is 4.13. The lowest BCUT2D eigenvalue weighted by atomic mass is 10.2. The van der Waals surface area contributed by atoms with E-state index in [1.54, 1.807) is 37.3 Å². The monoisotopic (exact) mass is 381 g/mol. The molecule has 4 nitrogen and oxygen atoms in total. The van der Waals surface area contributed by atoms with Crippen LogP contribution in [0.15, 0.2) is 78.9 Å². The minimum atomic E-state index is -0.673. The van der Waals surface area contributed by atoms with Crippen molar-refractivity contribution in [3.8, 4) is 11.5 Å². The first-order valence-electron chi connectivity index (χ1n) is 8.60. The molecule has 0 aliphatic carbocycles. The summed E-state index contributed by atoms with van der Waals surface area (Å²) in [5.74, 6) is 0.921. The van der Waals surface area contributed by atoms with Crippen molar-refractivity contribution in [1.82, 2.24) is 0 Å². The minimum Gasteiger partial charge on any atom is -0.487 e. The van der Waals surface area contributed by atoms with Crippen LogP contribution in [0.4, 0.5) is 5.69 Å². The number of halogens is 1. The second kappa shape index (κ2) is 9.10. The highest BCUT2D eigenvalue weighted by molar-refractivity contribution is 6.30. The summed E-state index contributed by atoms with van der Waals surface area (Å²) in [6, 6.07) is 24.1. The van der Waals surface area contributed by atoms with Crippen molar-refractivity contribution in [2.45, 2.75) is 19.6 Å². The van der Waals surface area contributed by atoms with Gasteiger partial charge >= 0.3 is 0 Å². The Labute approximate surface area is 163 Å². The average Bonchev–Trinajstić information content (AvgIpc) is 2.70. The van der Waals surface area contributed by atoms with Crippen LogP contribution in [0.25, 0.3) is 0 Å². The molecule has 5 heteroatoms. The second-order valence-electron chi connectivity index (χ2n) is 5.97. The molecule has 0 saturated carbocycles. The van der Waals surface area contributed by atoms with Gasteiger partial charge in [0.2, 0.25) is 0 Å². The number of amides is 1. The molecule has 0 aliphatic rings. The van der Waals surface area contributed by atoms with E-state index in [-0.39, 0.29) is 5.91 Å². The van der Waals surface area contributed by atoms with Crippen LogP contribution < -0.4 is 14.8 Å². The summed E-state index contributed by atoms with van der Waals surface area (Å²) in [5.41, 5.74) is 1.66. The third kappa shape index (κ3) is 5.50. The van der Waals surface area contributed by atoms with Gasteiger partial charge in [-0.05, 0) is 48.9 Å². The van der Waals surface area contributed by atoms with E-state index in [4.69, 9.17) is 21.1 Å². The van der Waals surface area contributed by atoms with Gasteiger partial charge in [0.05, 0.1) is 5.69 Å². The van der Waals surface area contributed by atoms with Crippen molar-refractivity contribution in [2.75, 3.05) is 5.32 Å². The summed E-state index contributed by atoms with van der Waals surface area (Å²) in [6.45, 7) is 2.11. The van der Waals surface area contributed by atoms with Gasteiger partial charge in [-0.15, -0.1) is 0 Å². The fourth-order valence-corrected chi connectivity index (χ4v) is 2.56. The van der Waals surface area contributed by atoms with E-state index in [1.807, 2.05) is 48.5 Å². The molecular weight excluding hydrogens is 362 g/mol. The Morgan fingerprint density at radius 1 is 0.963 bits per heavy atom. The molecular formula is C22H20ClNO3. The molecule has 138 valence electrons. The van der Waals surface area contributed by atoms with Crippen LogP contribution in [0.3, 0.4) is 0 Å². The topological polar surface area (TPSA) is 47.6 Å². The third-order valence-electron chi connectivity index (χ3n) is 3.88. The highest BCUT2D eigenvalue weighted by atomic mass is 35.5. The van der Waals surface area contributed by atoms with E-state index >= 15 is 0 Å². The number of benzene rings is 3. The lowest BCUT2D eigenvalue weighted by Gasteiger charge is -2.17. The van der Waals surface area contributed by atoms with Gasteiger partial charge in [-0.2, -0.15) is 0 Å². The SMILES string of the molecule is CC(Oc1ccc(Cl)cc1)C(=O)Nc1ccccc1OCc1ccccc1. The molecule has 0 fully saturated rings. The molecule has 1 unspecified atom stereocenters. The number of para-hydroxylation sites is 2. The van der Waals surface area contributed by atoms with Crippen LogP contribution in [0.1, 0.15) is 12.5 Å². The fourth-order valence-electron chi connectivity index (χ4n) is 2.44. The summed E-state index contributed by atoms with van der Waals surface area (Å²) in [6.07, 6.45) is -0.673. The number of nitrogens with one attached hydrogen (secondary N) is 1. The largest absolute Gasteiger partial charge is 0.487 e. The Bertz CT molecular complexity index is 882. The first-order chi connectivity index (χ1) is 13.1. The number of hydrogen-bond acceptors (Lipinski definition) is 3. The normalized spacial score (nSPS) is 11.5. The summed E-state index contributed by atoms with van der Waals surface area (Å²) in [5, 5.41) is 3.48. The molecule has 3 rings (SSSR count). The molecule has 0 saturated heterocycles. The number of hydrogen-bond donors (Lipinski definition) is 1. The predicted octanol–water partition coefficient (Wildman–Crippen LogP) is 5.33. The zero-order chi connectivity index (χ0) is 19.1. The van der Waals surface area contributed by atoms with E-state index in [9.17, 15) is 4.79 Å². The Balaban J connectivity index is 1.62. The van der Waals surface area contributed by atoms with Crippen molar-refractivity contribution < 1.29 is 14.3 Å². The Morgan fingerprint density at radius 2 is 1.63 bits per heavy atom. The van der Waals surface area contributed by atoms with Crippen molar-refractivity contribution in [1.29, 1.82) is 0 Å². The van der Waals surface area contributed by atoms with Gasteiger partial charge < -0.3 is 14.8 Å². The molecule has 0 aliphatic heterocycles. The quantitative estimate of drug-likeness (QED) is 0.602. The van der Waals surface area contributed by atoms with E-state index < -0.39 is 6.10 Å². The number of carbonyl (C=O) groups excluding carboxylic acids is 1. The van der Waals surface area contributed by atoms with Crippen LogP contribution in [0.2, 0.25) is 5.02 Å². The van der Waals surface area contributed by atoms with Crippen molar-refractivity contribution in [3.05, 3.63) is 89.4 Å². The van der Waals surface area contributed by atoms with Crippen molar-refractivity contribution >= 4 is 23.2 Å².